The first-order valence-electron chi connectivity index (χ1n) is 4.36. The van der Waals surface area contributed by atoms with Crippen LogP contribution < -0.4 is 0 Å². The molecule has 0 saturated heterocycles. The molecule has 3 nitrogen and oxygen atoms in total. The molecule has 2 unspecified atom stereocenters. The Morgan fingerprint density at radius 3 is 2.25 bits per heavy atom. The third-order valence-corrected chi connectivity index (χ3v) is 2.98. The highest BCUT2D eigenvalue weighted by atomic mass is 28.3. The molecule has 0 aromatic carbocycles. The van der Waals surface area contributed by atoms with E-state index in [0.717, 1.165) is 6.42 Å². The van der Waals surface area contributed by atoms with E-state index in [9.17, 15) is 4.80 Å². The van der Waals surface area contributed by atoms with Crippen molar-refractivity contribution in [3.8, 4) is 0 Å². The summed E-state index contributed by atoms with van der Waals surface area (Å²) in [6, 6.07) is 0. The van der Waals surface area contributed by atoms with E-state index in [-0.39, 0.29) is 11.7 Å². The summed E-state index contributed by atoms with van der Waals surface area (Å²) in [5.41, 5.74) is -0.306. The maximum Gasteiger partial charge on any atom is 0.482 e. The number of hydrogen-bond donors (Lipinski definition) is 1. The molecule has 0 saturated carbocycles. The molecular weight excluding hydrogens is 172 g/mol. The molecule has 0 aliphatic rings. The van der Waals surface area contributed by atoms with Gasteiger partial charge in [0, 0.05) is 6.10 Å². The van der Waals surface area contributed by atoms with Crippen LogP contribution in [0.2, 0.25) is 0 Å². The highest BCUT2D eigenvalue weighted by Crippen LogP contribution is 2.09. The van der Waals surface area contributed by atoms with Crippen molar-refractivity contribution in [2.75, 3.05) is 0 Å². The topological polar surface area (TPSA) is 38.7 Å². The van der Waals surface area contributed by atoms with Crippen LogP contribution in [0.25, 0.3) is 0 Å². The van der Waals surface area contributed by atoms with E-state index in [1.54, 1.807) is 0 Å². The molecule has 12 heavy (non-hydrogen) atoms. The van der Waals surface area contributed by atoms with Gasteiger partial charge < -0.3 is 13.6 Å². The molecule has 2 atom stereocenters. The Morgan fingerprint density at radius 1 is 1.42 bits per heavy atom. The van der Waals surface area contributed by atoms with Gasteiger partial charge in [0.05, 0.1) is 5.60 Å². The van der Waals surface area contributed by atoms with Gasteiger partial charge in [-0.2, -0.15) is 0 Å². The predicted molar refractivity (Wildman–Crippen MR) is 51.0 cm³/mol. The minimum atomic E-state index is -2.40. The second kappa shape index (κ2) is 4.96. The average Bonchev–Trinajstić information content (AvgIpc) is 1.82. The minimum Gasteiger partial charge on any atom is -0.392 e. The van der Waals surface area contributed by atoms with Crippen LogP contribution in [0.3, 0.4) is 0 Å². The van der Waals surface area contributed by atoms with Gasteiger partial charge >= 0.3 is 9.53 Å². The van der Waals surface area contributed by atoms with Crippen LogP contribution in [-0.4, -0.2) is 26.0 Å². The minimum absolute atomic E-state index is 0.0917. The molecule has 0 aromatic heterocycles. The summed E-state index contributed by atoms with van der Waals surface area (Å²) in [5.74, 6) is 0. The smallest absolute Gasteiger partial charge is 0.392 e. The van der Waals surface area contributed by atoms with Crippen molar-refractivity contribution in [3.05, 3.63) is 0 Å². The molecule has 0 fully saturated rings. The first kappa shape index (κ1) is 12.1. The molecule has 4 heteroatoms. The predicted octanol–water partition coefficient (Wildman–Crippen LogP) is 1.33. The van der Waals surface area contributed by atoms with E-state index in [1.165, 1.54) is 0 Å². The zero-order chi connectivity index (χ0) is 9.78. The second-order valence-electron chi connectivity index (χ2n) is 3.89. The lowest BCUT2D eigenvalue weighted by molar-refractivity contribution is 0.0250. The molecule has 0 aromatic rings. The van der Waals surface area contributed by atoms with Crippen LogP contribution in [-0.2, 0) is 8.85 Å². The Hall–Kier alpha value is 0.0969. The normalized spacial score (nSPS) is 17.5. The standard InChI is InChI=1S/C8H20O3Si/c1-6-7(2)10-12(9)11-8(3,4)5/h7,9,12H,6H2,1-5H3. The van der Waals surface area contributed by atoms with Gasteiger partial charge in [0.1, 0.15) is 0 Å². The quantitative estimate of drug-likeness (QED) is 0.683. The molecule has 0 radical (unpaired) electrons. The fourth-order valence-corrected chi connectivity index (χ4v) is 1.88. The van der Waals surface area contributed by atoms with E-state index in [2.05, 4.69) is 0 Å². The zero-order valence-corrected chi connectivity index (χ0v) is 9.78. The molecule has 0 rings (SSSR count). The van der Waals surface area contributed by atoms with Gasteiger partial charge in [-0.15, -0.1) is 0 Å². The van der Waals surface area contributed by atoms with Gasteiger partial charge in [-0.05, 0) is 34.1 Å². The maximum absolute atomic E-state index is 9.38. The Labute approximate surface area is 76.7 Å². The van der Waals surface area contributed by atoms with Crippen LogP contribution in [0.4, 0.5) is 0 Å². The highest BCUT2D eigenvalue weighted by Gasteiger charge is 2.21. The first-order chi connectivity index (χ1) is 5.35. The summed E-state index contributed by atoms with van der Waals surface area (Å²) in [6.45, 7) is 9.67. The van der Waals surface area contributed by atoms with Gasteiger partial charge in [-0.1, -0.05) is 6.92 Å². The molecular formula is C8H20O3Si. The maximum atomic E-state index is 9.38. The molecule has 0 heterocycles. The molecule has 0 aliphatic heterocycles. The Bertz CT molecular complexity index is 122. The largest absolute Gasteiger partial charge is 0.482 e. The summed E-state index contributed by atoms with van der Waals surface area (Å²) in [5, 5.41) is 0. The van der Waals surface area contributed by atoms with Crippen LogP contribution in [0, 0.1) is 0 Å². The van der Waals surface area contributed by atoms with Gasteiger partial charge in [-0.25, -0.2) is 0 Å². The Balaban J connectivity index is 3.66. The van der Waals surface area contributed by atoms with Crippen molar-refractivity contribution in [1.29, 1.82) is 0 Å². The van der Waals surface area contributed by atoms with Crippen LogP contribution >= 0.6 is 0 Å². The van der Waals surface area contributed by atoms with E-state index < -0.39 is 9.53 Å². The van der Waals surface area contributed by atoms with Crippen LogP contribution in [0.1, 0.15) is 41.0 Å². The summed E-state index contributed by atoms with van der Waals surface area (Å²) in [7, 11) is -2.40. The van der Waals surface area contributed by atoms with E-state index in [4.69, 9.17) is 8.85 Å². The third-order valence-electron chi connectivity index (χ3n) is 1.38. The lowest BCUT2D eigenvalue weighted by atomic mass is 10.2. The second-order valence-corrected chi connectivity index (χ2v) is 5.01. The molecule has 0 amide bonds. The number of hydrogen-bond acceptors (Lipinski definition) is 3. The van der Waals surface area contributed by atoms with Gasteiger partial charge in [0.25, 0.3) is 0 Å². The highest BCUT2D eigenvalue weighted by molar-refractivity contribution is 6.34. The number of rotatable bonds is 4. The summed E-state index contributed by atoms with van der Waals surface area (Å²) >= 11 is 0. The SMILES string of the molecule is CCC(C)O[SiH](O)OC(C)(C)C. The van der Waals surface area contributed by atoms with E-state index >= 15 is 0 Å². The van der Waals surface area contributed by atoms with Crippen molar-refractivity contribution in [1.82, 2.24) is 0 Å². The fraction of sp³-hybridized carbons (Fsp3) is 1.00. The monoisotopic (exact) mass is 192 g/mol. The van der Waals surface area contributed by atoms with Crippen molar-refractivity contribution < 1.29 is 13.6 Å². The molecule has 74 valence electrons. The first-order valence-corrected chi connectivity index (χ1v) is 5.82. The molecule has 0 bridgehead atoms. The third kappa shape index (κ3) is 6.79. The van der Waals surface area contributed by atoms with Crippen LogP contribution in [0.15, 0.2) is 0 Å². The van der Waals surface area contributed by atoms with Crippen molar-refractivity contribution >= 4 is 9.53 Å². The van der Waals surface area contributed by atoms with E-state index in [1.807, 2.05) is 34.6 Å². The zero-order valence-electron chi connectivity index (χ0n) is 8.63. The molecule has 0 aliphatic carbocycles. The van der Waals surface area contributed by atoms with Gasteiger partial charge in [0.2, 0.25) is 0 Å². The van der Waals surface area contributed by atoms with Crippen molar-refractivity contribution in [2.24, 2.45) is 0 Å². The van der Waals surface area contributed by atoms with Crippen LogP contribution in [0.5, 0.6) is 0 Å². The summed E-state index contributed by atoms with van der Waals surface area (Å²) in [6.07, 6.45) is 0.992. The van der Waals surface area contributed by atoms with Gasteiger partial charge in [0.15, 0.2) is 0 Å². The molecule has 1 N–H and O–H groups in total. The molecule has 0 spiro atoms. The summed E-state index contributed by atoms with van der Waals surface area (Å²) < 4.78 is 10.5. The van der Waals surface area contributed by atoms with Crippen molar-refractivity contribution in [2.45, 2.75) is 52.7 Å². The van der Waals surface area contributed by atoms with E-state index in [0.29, 0.717) is 0 Å². The summed E-state index contributed by atoms with van der Waals surface area (Å²) in [4.78, 5) is 9.38. The van der Waals surface area contributed by atoms with Crippen molar-refractivity contribution in [3.63, 3.8) is 0 Å². The fourth-order valence-electron chi connectivity index (χ4n) is 0.625. The lowest BCUT2D eigenvalue weighted by Crippen LogP contribution is -2.35. The van der Waals surface area contributed by atoms with Gasteiger partial charge in [-0.3, -0.25) is 0 Å². The Kier molecular flexibility index (Phi) is 5.00. The average molecular weight is 192 g/mol. The Morgan fingerprint density at radius 2 is 1.92 bits per heavy atom. The lowest BCUT2D eigenvalue weighted by Gasteiger charge is -2.24.